The number of carbonyl (C=O) groups excluding carboxylic acids is 2. The van der Waals surface area contributed by atoms with Gasteiger partial charge in [-0.2, -0.15) is 0 Å². The van der Waals surface area contributed by atoms with Gasteiger partial charge >= 0.3 is 0 Å². The first-order valence-corrected chi connectivity index (χ1v) is 6.89. The Morgan fingerprint density at radius 3 is 1.48 bits per heavy atom. The Morgan fingerprint density at radius 2 is 1.10 bits per heavy atom. The second-order valence-electron chi connectivity index (χ2n) is 4.87. The van der Waals surface area contributed by atoms with Crippen molar-refractivity contribution in [3.8, 4) is 0 Å². The van der Waals surface area contributed by atoms with Crippen molar-refractivity contribution in [3.05, 3.63) is 57.7 Å². The van der Waals surface area contributed by atoms with Crippen LogP contribution in [0.1, 0.15) is 21.6 Å². The third kappa shape index (κ3) is 1.35. The van der Waals surface area contributed by atoms with Crippen LogP contribution in [0.15, 0.2) is 23.3 Å². The smallest absolute Gasteiger partial charge is 0.197 e. The molecule has 106 valence electrons. The fraction of sp³-hybridized carbons (Fsp3) is 0.143. The summed E-state index contributed by atoms with van der Waals surface area (Å²) in [4.78, 5) is 23.7. The van der Waals surface area contributed by atoms with Gasteiger partial charge in [0.05, 0.1) is 10.5 Å². The van der Waals surface area contributed by atoms with Crippen LogP contribution in [0.2, 0.25) is 0 Å². The van der Waals surface area contributed by atoms with Gasteiger partial charge in [-0.15, -0.1) is 11.8 Å². The van der Waals surface area contributed by atoms with Gasteiger partial charge in [0, 0.05) is 22.3 Å². The van der Waals surface area contributed by atoms with Gasteiger partial charge in [-0.05, 0) is 12.2 Å². The van der Waals surface area contributed by atoms with Gasteiger partial charge in [0.1, 0.15) is 0 Å². The summed E-state index contributed by atoms with van der Waals surface area (Å²) in [6.45, 7) is 0. The fourth-order valence-electron chi connectivity index (χ4n) is 3.01. The van der Waals surface area contributed by atoms with E-state index in [1.165, 1.54) is 0 Å². The van der Waals surface area contributed by atoms with E-state index in [1.807, 2.05) is 0 Å². The van der Waals surface area contributed by atoms with E-state index in [9.17, 15) is 27.2 Å². The zero-order valence-electron chi connectivity index (χ0n) is 10.0. The first kappa shape index (κ1) is 12.8. The summed E-state index contributed by atoms with van der Waals surface area (Å²) >= 11 is 0.950. The van der Waals surface area contributed by atoms with Crippen molar-refractivity contribution in [3.63, 3.8) is 0 Å². The highest BCUT2D eigenvalue weighted by atomic mass is 32.2. The number of halogens is 4. The van der Waals surface area contributed by atoms with Crippen molar-refractivity contribution in [2.75, 3.05) is 0 Å². The predicted molar refractivity (Wildman–Crippen MR) is 65.5 cm³/mol. The minimum atomic E-state index is -1.90. The SMILES string of the molecule is O=C1C=CC(=O)C2=C1C1SC2c2c(F)c(F)c(F)c(F)c21. The summed E-state index contributed by atoms with van der Waals surface area (Å²) in [5.74, 6) is -7.76. The van der Waals surface area contributed by atoms with E-state index in [0.717, 1.165) is 23.9 Å². The highest BCUT2D eigenvalue weighted by Crippen LogP contribution is 2.65. The van der Waals surface area contributed by atoms with Crippen molar-refractivity contribution in [2.24, 2.45) is 0 Å². The van der Waals surface area contributed by atoms with E-state index >= 15 is 0 Å². The topological polar surface area (TPSA) is 34.1 Å². The van der Waals surface area contributed by atoms with Crippen LogP contribution in [0.4, 0.5) is 17.6 Å². The first-order chi connectivity index (χ1) is 9.93. The summed E-state index contributed by atoms with van der Waals surface area (Å²) in [5.41, 5.74) is -0.628. The summed E-state index contributed by atoms with van der Waals surface area (Å²) in [6.07, 6.45) is 2.10. The van der Waals surface area contributed by atoms with Crippen molar-refractivity contribution in [1.82, 2.24) is 0 Å². The lowest BCUT2D eigenvalue weighted by Gasteiger charge is -2.22. The summed E-state index contributed by atoms with van der Waals surface area (Å²) < 4.78 is 54.7. The quantitative estimate of drug-likeness (QED) is 0.319. The maximum Gasteiger partial charge on any atom is 0.197 e. The van der Waals surface area contributed by atoms with E-state index in [1.54, 1.807) is 0 Å². The van der Waals surface area contributed by atoms with Gasteiger partial charge in [0.15, 0.2) is 34.8 Å². The number of thioether (sulfide) groups is 1. The number of allylic oxidation sites excluding steroid dienone is 2. The zero-order chi connectivity index (χ0) is 15.0. The molecule has 0 saturated carbocycles. The molecule has 0 radical (unpaired) electrons. The Labute approximate surface area is 119 Å². The molecule has 0 N–H and O–H groups in total. The first-order valence-electron chi connectivity index (χ1n) is 5.95. The van der Waals surface area contributed by atoms with Crippen LogP contribution in [0, 0.1) is 23.3 Å². The minimum Gasteiger partial charge on any atom is -0.290 e. The van der Waals surface area contributed by atoms with Crippen LogP contribution in [0.3, 0.4) is 0 Å². The van der Waals surface area contributed by atoms with Crippen molar-refractivity contribution in [1.29, 1.82) is 0 Å². The summed E-state index contributed by atoms with van der Waals surface area (Å²) in [6, 6.07) is 0. The maximum atomic E-state index is 14.0. The molecule has 2 nitrogen and oxygen atoms in total. The fourth-order valence-corrected chi connectivity index (χ4v) is 4.78. The van der Waals surface area contributed by atoms with Gasteiger partial charge in [0.25, 0.3) is 0 Å². The number of ketones is 2. The van der Waals surface area contributed by atoms with Gasteiger partial charge in [-0.1, -0.05) is 0 Å². The monoisotopic (exact) mass is 312 g/mol. The maximum absolute atomic E-state index is 14.0. The van der Waals surface area contributed by atoms with E-state index in [-0.39, 0.29) is 22.3 Å². The van der Waals surface area contributed by atoms with Crippen LogP contribution in [0.5, 0.6) is 0 Å². The molecule has 2 aliphatic heterocycles. The molecule has 2 atom stereocenters. The zero-order valence-corrected chi connectivity index (χ0v) is 10.9. The van der Waals surface area contributed by atoms with E-state index in [0.29, 0.717) is 0 Å². The summed E-state index contributed by atoms with van der Waals surface area (Å²) in [5, 5.41) is -1.93. The van der Waals surface area contributed by atoms with Gasteiger partial charge in [0.2, 0.25) is 0 Å². The molecule has 4 rings (SSSR count). The number of hydrogen-bond acceptors (Lipinski definition) is 3. The van der Waals surface area contributed by atoms with Crippen molar-refractivity contribution in [2.45, 2.75) is 10.5 Å². The molecule has 1 aliphatic carbocycles. The Bertz CT molecular complexity index is 760. The molecule has 0 aromatic heterocycles. The molecule has 0 amide bonds. The Kier molecular flexibility index (Phi) is 2.35. The van der Waals surface area contributed by atoms with Gasteiger partial charge in [-0.25, -0.2) is 17.6 Å². The second-order valence-corrected chi connectivity index (χ2v) is 6.08. The predicted octanol–water partition coefficient (Wildman–Crippen LogP) is 3.09. The van der Waals surface area contributed by atoms with Crippen LogP contribution >= 0.6 is 11.8 Å². The molecule has 0 saturated heterocycles. The van der Waals surface area contributed by atoms with Crippen molar-refractivity contribution >= 4 is 23.3 Å². The average Bonchev–Trinajstić information content (AvgIpc) is 3.03. The normalized spacial score (nSPS) is 25.7. The average molecular weight is 312 g/mol. The van der Waals surface area contributed by atoms with E-state index < -0.39 is 45.3 Å². The largest absolute Gasteiger partial charge is 0.290 e. The Morgan fingerprint density at radius 1 is 0.714 bits per heavy atom. The Hall–Kier alpha value is -1.89. The van der Waals surface area contributed by atoms with Crippen molar-refractivity contribution < 1.29 is 27.2 Å². The van der Waals surface area contributed by atoms with Gasteiger partial charge < -0.3 is 0 Å². The molecule has 1 aromatic carbocycles. The molecule has 1 aromatic rings. The van der Waals surface area contributed by atoms with Gasteiger partial charge in [-0.3, -0.25) is 9.59 Å². The van der Waals surface area contributed by atoms with Crippen LogP contribution < -0.4 is 0 Å². The number of carbonyl (C=O) groups is 2. The second kappa shape index (κ2) is 3.85. The number of fused-ring (bicyclic) bond motifs is 7. The molecular formula is C14H4F4O2S. The third-order valence-electron chi connectivity index (χ3n) is 3.87. The molecule has 7 heteroatoms. The number of hydrogen-bond donors (Lipinski definition) is 0. The molecule has 0 fully saturated rings. The standard InChI is InChI=1S/C14H4F4O2S/c15-9-7-8(10(16)12(18)11(9)17)14-6-4(20)2-1-3(19)5(6)13(7)21-14/h1-2,13-14H. The third-order valence-corrected chi connectivity index (χ3v) is 5.36. The van der Waals surface area contributed by atoms with E-state index in [4.69, 9.17) is 0 Å². The molecule has 2 bridgehead atoms. The highest BCUT2D eigenvalue weighted by Gasteiger charge is 2.53. The number of rotatable bonds is 0. The molecular weight excluding hydrogens is 308 g/mol. The van der Waals surface area contributed by atoms with Crippen LogP contribution in [0.25, 0.3) is 0 Å². The van der Waals surface area contributed by atoms with E-state index in [2.05, 4.69) is 0 Å². The number of benzene rings is 1. The van der Waals surface area contributed by atoms with Crippen LogP contribution in [-0.2, 0) is 9.59 Å². The Balaban J connectivity index is 2.04. The molecule has 2 heterocycles. The highest BCUT2D eigenvalue weighted by molar-refractivity contribution is 8.00. The summed E-state index contributed by atoms with van der Waals surface area (Å²) in [7, 11) is 0. The molecule has 3 aliphatic rings. The lowest BCUT2D eigenvalue weighted by atomic mass is 9.79. The molecule has 21 heavy (non-hydrogen) atoms. The molecule has 0 spiro atoms. The lowest BCUT2D eigenvalue weighted by molar-refractivity contribution is -0.115. The van der Waals surface area contributed by atoms with Crippen LogP contribution in [-0.4, -0.2) is 11.6 Å². The minimum absolute atomic E-state index is 0.0503. The lowest BCUT2D eigenvalue weighted by Crippen LogP contribution is -2.22. The molecule has 2 unspecified atom stereocenters.